The topological polar surface area (TPSA) is 37.4 Å². The summed E-state index contributed by atoms with van der Waals surface area (Å²) in [5.41, 5.74) is 0.875. The van der Waals surface area contributed by atoms with Crippen molar-refractivity contribution in [2.45, 2.75) is 6.42 Å². The summed E-state index contributed by atoms with van der Waals surface area (Å²) in [6.07, 6.45) is 4.09. The average molecular weight is 207 g/mol. The Hall–Kier alpha value is -1.55. The molecule has 1 aromatic carbocycles. The highest BCUT2D eigenvalue weighted by Crippen LogP contribution is 2.19. The molecule has 0 aromatic heterocycles. The Labute approximate surface area is 83.8 Å². The Balaban J connectivity index is 2.46. The van der Waals surface area contributed by atoms with E-state index in [1.165, 1.54) is 0 Å². The molecule has 1 aliphatic heterocycles. The van der Waals surface area contributed by atoms with Gasteiger partial charge < -0.3 is 4.90 Å². The Morgan fingerprint density at radius 3 is 2.50 bits per heavy atom. The van der Waals surface area contributed by atoms with Crippen LogP contribution in [0.4, 0.5) is 5.69 Å². The summed E-state index contributed by atoms with van der Waals surface area (Å²) in [4.78, 5) is 2.08. The van der Waals surface area contributed by atoms with Crippen molar-refractivity contribution in [1.82, 2.24) is 0 Å². The lowest BCUT2D eigenvalue weighted by atomic mass is 10.3. The van der Waals surface area contributed by atoms with Crippen LogP contribution in [0.2, 0.25) is 0 Å². The molecule has 0 N–H and O–H groups in total. The standard InChI is InChI=1S/C10H9NO2S/c12-14(13)10-7-4-8-11(10)9-5-2-1-3-6-9/h1-6,8H,7H2. The van der Waals surface area contributed by atoms with Gasteiger partial charge in [0.05, 0.1) is 0 Å². The van der Waals surface area contributed by atoms with Gasteiger partial charge in [0, 0.05) is 18.3 Å². The fourth-order valence-electron chi connectivity index (χ4n) is 1.41. The summed E-state index contributed by atoms with van der Waals surface area (Å²) in [6, 6.07) is 9.42. The highest BCUT2D eigenvalue weighted by molar-refractivity contribution is 7.73. The molecule has 1 heterocycles. The summed E-state index contributed by atoms with van der Waals surface area (Å²) in [5, 5.41) is 0. The van der Waals surface area contributed by atoms with Crippen LogP contribution in [0.15, 0.2) is 42.6 Å². The van der Waals surface area contributed by atoms with Crippen LogP contribution >= 0.6 is 0 Å². The van der Waals surface area contributed by atoms with E-state index in [-0.39, 0.29) is 0 Å². The van der Waals surface area contributed by atoms with E-state index in [0.717, 1.165) is 5.69 Å². The van der Waals surface area contributed by atoms with Crippen LogP contribution < -0.4 is 4.90 Å². The van der Waals surface area contributed by atoms with Gasteiger partial charge in [0.2, 0.25) is 10.3 Å². The van der Waals surface area contributed by atoms with Gasteiger partial charge in [-0.3, -0.25) is 0 Å². The van der Waals surface area contributed by atoms with Gasteiger partial charge in [-0.1, -0.05) is 24.3 Å². The lowest BCUT2D eigenvalue weighted by Gasteiger charge is -2.14. The molecule has 0 radical (unpaired) electrons. The third kappa shape index (κ3) is 1.56. The molecule has 0 fully saturated rings. The molecule has 1 aromatic rings. The number of anilines is 1. The van der Waals surface area contributed by atoms with E-state index in [1.54, 1.807) is 11.1 Å². The Bertz CT molecular complexity index is 480. The average Bonchev–Trinajstić information content (AvgIpc) is 2.67. The van der Waals surface area contributed by atoms with Crippen LogP contribution in [0.5, 0.6) is 0 Å². The zero-order chi connectivity index (χ0) is 9.97. The second-order valence-electron chi connectivity index (χ2n) is 2.92. The number of rotatable bonds is 1. The number of hydrogen-bond acceptors (Lipinski definition) is 2. The largest absolute Gasteiger partial charge is 0.308 e. The highest BCUT2D eigenvalue weighted by atomic mass is 32.2. The smallest absolute Gasteiger partial charge is 0.234 e. The molecule has 14 heavy (non-hydrogen) atoms. The van der Waals surface area contributed by atoms with Crippen molar-refractivity contribution >= 4 is 21.0 Å². The summed E-state index contributed by atoms with van der Waals surface area (Å²) in [6.45, 7) is 0. The molecule has 4 heteroatoms. The van der Waals surface area contributed by atoms with E-state index in [1.807, 2.05) is 36.4 Å². The van der Waals surface area contributed by atoms with Crippen molar-refractivity contribution in [2.75, 3.05) is 4.90 Å². The van der Waals surface area contributed by atoms with Gasteiger partial charge in [-0.15, -0.1) is 0 Å². The van der Waals surface area contributed by atoms with Crippen molar-refractivity contribution in [3.05, 3.63) is 42.6 Å². The first-order chi connectivity index (χ1) is 6.79. The third-order valence-electron chi connectivity index (χ3n) is 2.04. The normalized spacial score (nSPS) is 14.9. The molecular formula is C10H9NO2S. The van der Waals surface area contributed by atoms with E-state index in [4.69, 9.17) is 0 Å². The first-order valence-corrected chi connectivity index (χ1v) is 5.32. The lowest BCUT2D eigenvalue weighted by Crippen LogP contribution is -2.20. The number of hydrogen-bond donors (Lipinski definition) is 0. The Kier molecular flexibility index (Phi) is 2.37. The Morgan fingerprint density at radius 2 is 1.86 bits per heavy atom. The van der Waals surface area contributed by atoms with Crippen LogP contribution in [0.25, 0.3) is 0 Å². The maximum atomic E-state index is 10.9. The first-order valence-electron chi connectivity index (χ1n) is 4.25. The predicted octanol–water partition coefficient (Wildman–Crippen LogP) is 1.42. The van der Waals surface area contributed by atoms with Gasteiger partial charge in [-0.05, 0) is 12.1 Å². The van der Waals surface area contributed by atoms with Crippen LogP contribution in [0, 0.1) is 0 Å². The summed E-state index contributed by atoms with van der Waals surface area (Å²) < 4.78 is 21.7. The molecule has 0 aliphatic carbocycles. The van der Waals surface area contributed by atoms with Gasteiger partial charge in [0.15, 0.2) is 0 Å². The van der Waals surface area contributed by atoms with Crippen LogP contribution in [0.1, 0.15) is 6.42 Å². The van der Waals surface area contributed by atoms with E-state index < -0.39 is 10.3 Å². The van der Waals surface area contributed by atoms with Crippen molar-refractivity contribution in [2.24, 2.45) is 0 Å². The second-order valence-corrected chi connectivity index (χ2v) is 3.86. The molecule has 2 rings (SSSR count). The summed E-state index contributed by atoms with van der Waals surface area (Å²) in [5.74, 6) is 0. The van der Waals surface area contributed by atoms with Crippen LogP contribution in [-0.4, -0.2) is 13.4 Å². The van der Waals surface area contributed by atoms with E-state index in [2.05, 4.69) is 0 Å². The molecule has 0 bridgehead atoms. The SMILES string of the molecule is O=S(=O)=C1CC=CN1c1ccccc1. The quantitative estimate of drug-likeness (QED) is 0.653. The van der Waals surface area contributed by atoms with E-state index in [0.29, 0.717) is 11.4 Å². The predicted molar refractivity (Wildman–Crippen MR) is 56.6 cm³/mol. The number of benzene rings is 1. The van der Waals surface area contributed by atoms with Crippen LogP contribution in [-0.2, 0) is 10.3 Å². The molecule has 0 saturated carbocycles. The molecule has 0 amide bonds. The highest BCUT2D eigenvalue weighted by Gasteiger charge is 2.15. The summed E-state index contributed by atoms with van der Waals surface area (Å²) in [7, 11) is -2.14. The lowest BCUT2D eigenvalue weighted by molar-refractivity contribution is 0.626. The zero-order valence-corrected chi connectivity index (χ0v) is 8.24. The first kappa shape index (κ1) is 9.02. The second kappa shape index (κ2) is 3.67. The maximum absolute atomic E-state index is 10.9. The fourth-order valence-corrected chi connectivity index (χ4v) is 1.97. The molecule has 1 aliphatic rings. The van der Waals surface area contributed by atoms with Crippen LogP contribution in [0.3, 0.4) is 0 Å². The van der Waals surface area contributed by atoms with Crippen molar-refractivity contribution in [3.8, 4) is 0 Å². The minimum absolute atomic E-state index is 0.399. The molecule has 0 spiro atoms. The van der Waals surface area contributed by atoms with Gasteiger partial charge in [0.1, 0.15) is 4.99 Å². The van der Waals surface area contributed by atoms with Crippen molar-refractivity contribution in [1.29, 1.82) is 0 Å². The molecule has 0 unspecified atom stereocenters. The summed E-state index contributed by atoms with van der Waals surface area (Å²) >= 11 is 0. The molecule has 72 valence electrons. The van der Waals surface area contributed by atoms with Gasteiger partial charge in [-0.25, -0.2) is 0 Å². The zero-order valence-electron chi connectivity index (χ0n) is 7.42. The van der Waals surface area contributed by atoms with Gasteiger partial charge in [-0.2, -0.15) is 8.42 Å². The molecule has 0 atom stereocenters. The minimum Gasteiger partial charge on any atom is -0.308 e. The Morgan fingerprint density at radius 1 is 1.14 bits per heavy atom. The van der Waals surface area contributed by atoms with Gasteiger partial charge >= 0.3 is 0 Å². The fraction of sp³-hybridized carbons (Fsp3) is 0.100. The monoisotopic (exact) mass is 207 g/mol. The third-order valence-corrected chi connectivity index (χ3v) is 2.79. The number of para-hydroxylation sites is 1. The van der Waals surface area contributed by atoms with Crippen molar-refractivity contribution < 1.29 is 8.42 Å². The van der Waals surface area contributed by atoms with E-state index in [9.17, 15) is 8.42 Å². The minimum atomic E-state index is -2.14. The van der Waals surface area contributed by atoms with Gasteiger partial charge in [0.25, 0.3) is 0 Å². The van der Waals surface area contributed by atoms with Crippen molar-refractivity contribution in [3.63, 3.8) is 0 Å². The molecular weight excluding hydrogens is 198 g/mol. The molecule has 3 nitrogen and oxygen atoms in total. The molecule has 0 saturated heterocycles. The van der Waals surface area contributed by atoms with E-state index >= 15 is 0 Å². The maximum Gasteiger partial charge on any atom is 0.234 e. The number of nitrogens with zero attached hydrogens (tertiary/aromatic N) is 1.